The average Bonchev–Trinajstić information content (AvgIpc) is 2.04. The maximum absolute atomic E-state index is 10.6. The van der Waals surface area contributed by atoms with Crippen molar-refractivity contribution in [2.24, 2.45) is 5.73 Å². The van der Waals surface area contributed by atoms with Gasteiger partial charge < -0.3 is 16.4 Å². The van der Waals surface area contributed by atoms with Gasteiger partial charge in [-0.15, -0.1) is 0 Å². The summed E-state index contributed by atoms with van der Waals surface area (Å²) in [6.45, 7) is 1.47. The second kappa shape index (κ2) is 7.34. The van der Waals surface area contributed by atoms with Crippen LogP contribution < -0.4 is 16.4 Å². The van der Waals surface area contributed by atoms with Gasteiger partial charge in [-0.3, -0.25) is 0 Å². The van der Waals surface area contributed by atoms with Crippen LogP contribution in [-0.2, 0) is 0 Å². The fourth-order valence-electron chi connectivity index (χ4n) is 0.736. The van der Waals surface area contributed by atoms with E-state index in [2.05, 4.69) is 10.6 Å². The molecule has 0 atom stereocenters. The van der Waals surface area contributed by atoms with Crippen LogP contribution in [0.25, 0.3) is 0 Å². The zero-order valence-electron chi connectivity index (χ0n) is 7.02. The molecule has 0 aromatic carbocycles. The molecule has 0 radical (unpaired) electrons. The molecule has 4 N–H and O–H groups in total. The highest BCUT2D eigenvalue weighted by atomic mass is 16.2. The summed E-state index contributed by atoms with van der Waals surface area (Å²) >= 11 is 0. The lowest BCUT2D eigenvalue weighted by molar-refractivity contribution is 0.242. The van der Waals surface area contributed by atoms with Crippen LogP contribution >= 0.6 is 0 Å². The molecule has 0 aliphatic heterocycles. The molecule has 0 spiro atoms. The van der Waals surface area contributed by atoms with E-state index in [0.29, 0.717) is 0 Å². The van der Waals surface area contributed by atoms with E-state index in [0.717, 1.165) is 32.4 Å². The molecule has 0 saturated carbocycles. The molecule has 4 nitrogen and oxygen atoms in total. The number of carbonyl (C=O) groups is 1. The lowest BCUT2D eigenvalue weighted by Crippen LogP contribution is -2.33. The zero-order chi connectivity index (χ0) is 8.53. The minimum Gasteiger partial charge on any atom is -0.341 e. The van der Waals surface area contributed by atoms with E-state index in [9.17, 15) is 4.79 Å². The molecule has 0 fully saturated rings. The number of urea groups is 1. The van der Waals surface area contributed by atoms with Crippen LogP contribution in [0.2, 0.25) is 0 Å². The molecule has 0 unspecified atom stereocenters. The standard InChI is InChI=1S/C7H17N3O/c1-9-7(11)10-6-4-2-3-5-8/h2-6,8H2,1H3,(H2,9,10,11). The van der Waals surface area contributed by atoms with Gasteiger partial charge in [0.15, 0.2) is 0 Å². The summed E-state index contributed by atoms with van der Waals surface area (Å²) in [4.78, 5) is 10.6. The molecule has 0 aliphatic rings. The van der Waals surface area contributed by atoms with Crippen LogP contribution in [0.5, 0.6) is 0 Å². The van der Waals surface area contributed by atoms with Crippen molar-refractivity contribution in [3.05, 3.63) is 0 Å². The van der Waals surface area contributed by atoms with Crippen molar-refractivity contribution in [3.63, 3.8) is 0 Å². The largest absolute Gasteiger partial charge is 0.341 e. The van der Waals surface area contributed by atoms with Crippen LogP contribution in [0.3, 0.4) is 0 Å². The lowest BCUT2D eigenvalue weighted by Gasteiger charge is -2.02. The monoisotopic (exact) mass is 159 g/mol. The van der Waals surface area contributed by atoms with Gasteiger partial charge in [0.2, 0.25) is 0 Å². The highest BCUT2D eigenvalue weighted by Crippen LogP contribution is 1.90. The topological polar surface area (TPSA) is 67.2 Å². The highest BCUT2D eigenvalue weighted by molar-refractivity contribution is 5.73. The van der Waals surface area contributed by atoms with Gasteiger partial charge in [-0.2, -0.15) is 0 Å². The quantitative estimate of drug-likeness (QED) is 0.496. The van der Waals surface area contributed by atoms with Crippen molar-refractivity contribution in [2.45, 2.75) is 19.3 Å². The molecule has 0 aromatic heterocycles. The van der Waals surface area contributed by atoms with Gasteiger partial charge in [-0.1, -0.05) is 6.42 Å². The van der Waals surface area contributed by atoms with Crippen molar-refractivity contribution in [3.8, 4) is 0 Å². The average molecular weight is 159 g/mol. The Balaban J connectivity index is 2.95. The van der Waals surface area contributed by atoms with E-state index in [-0.39, 0.29) is 6.03 Å². The summed E-state index contributed by atoms with van der Waals surface area (Å²) < 4.78 is 0. The molecule has 4 heteroatoms. The molecule has 0 bridgehead atoms. The summed E-state index contributed by atoms with van der Waals surface area (Å²) in [5.41, 5.74) is 5.30. The van der Waals surface area contributed by atoms with E-state index in [4.69, 9.17) is 5.73 Å². The molecule has 0 rings (SSSR count). The minimum absolute atomic E-state index is 0.113. The maximum Gasteiger partial charge on any atom is 0.314 e. The molecular formula is C7H17N3O. The first-order valence-electron chi connectivity index (χ1n) is 3.97. The first-order valence-corrected chi connectivity index (χ1v) is 3.97. The second-order valence-corrected chi connectivity index (χ2v) is 2.36. The van der Waals surface area contributed by atoms with E-state index >= 15 is 0 Å². The van der Waals surface area contributed by atoms with Gasteiger partial charge in [0, 0.05) is 13.6 Å². The second-order valence-electron chi connectivity index (χ2n) is 2.36. The number of nitrogens with two attached hydrogens (primary N) is 1. The summed E-state index contributed by atoms with van der Waals surface area (Å²) in [7, 11) is 1.61. The molecule has 11 heavy (non-hydrogen) atoms. The minimum atomic E-state index is -0.113. The van der Waals surface area contributed by atoms with Crippen LogP contribution in [0.1, 0.15) is 19.3 Å². The Morgan fingerprint density at radius 3 is 2.64 bits per heavy atom. The Morgan fingerprint density at radius 2 is 2.09 bits per heavy atom. The Hall–Kier alpha value is -0.770. The third-order valence-electron chi connectivity index (χ3n) is 1.39. The Bertz CT molecular complexity index is 106. The Kier molecular flexibility index (Phi) is 6.82. The van der Waals surface area contributed by atoms with E-state index < -0.39 is 0 Å². The van der Waals surface area contributed by atoms with Crippen molar-refractivity contribution < 1.29 is 4.79 Å². The number of carbonyl (C=O) groups excluding carboxylic acids is 1. The van der Waals surface area contributed by atoms with Gasteiger partial charge in [-0.05, 0) is 19.4 Å². The predicted molar refractivity (Wildman–Crippen MR) is 45.4 cm³/mol. The van der Waals surface area contributed by atoms with E-state index in [1.165, 1.54) is 0 Å². The SMILES string of the molecule is CNC(=O)NCCCCCN. The third kappa shape index (κ3) is 7.12. The first kappa shape index (κ1) is 10.2. The van der Waals surface area contributed by atoms with Crippen molar-refractivity contribution in [1.82, 2.24) is 10.6 Å². The van der Waals surface area contributed by atoms with E-state index in [1.807, 2.05) is 0 Å². The summed E-state index contributed by atoms with van der Waals surface area (Å²) in [6, 6.07) is -0.113. The fourth-order valence-corrected chi connectivity index (χ4v) is 0.736. The molecule has 0 aliphatic carbocycles. The van der Waals surface area contributed by atoms with Gasteiger partial charge in [0.25, 0.3) is 0 Å². The van der Waals surface area contributed by atoms with Crippen molar-refractivity contribution in [1.29, 1.82) is 0 Å². The fraction of sp³-hybridized carbons (Fsp3) is 0.857. The number of nitrogens with one attached hydrogen (secondary N) is 2. The number of hydrogen-bond acceptors (Lipinski definition) is 2. The summed E-state index contributed by atoms with van der Waals surface area (Å²) in [6.07, 6.45) is 3.13. The molecule has 0 aromatic rings. The van der Waals surface area contributed by atoms with Crippen molar-refractivity contribution >= 4 is 6.03 Å². The third-order valence-corrected chi connectivity index (χ3v) is 1.39. The number of unbranched alkanes of at least 4 members (excludes halogenated alkanes) is 2. The summed E-state index contributed by atoms with van der Waals surface area (Å²) in [5, 5.41) is 5.18. The Labute approximate surface area is 67.5 Å². The molecular weight excluding hydrogens is 142 g/mol. The van der Waals surface area contributed by atoms with Crippen LogP contribution in [0, 0.1) is 0 Å². The van der Waals surface area contributed by atoms with Gasteiger partial charge in [0.1, 0.15) is 0 Å². The van der Waals surface area contributed by atoms with Gasteiger partial charge in [0.05, 0.1) is 0 Å². The molecule has 0 heterocycles. The zero-order valence-corrected chi connectivity index (χ0v) is 7.02. The number of hydrogen-bond donors (Lipinski definition) is 3. The smallest absolute Gasteiger partial charge is 0.314 e. The van der Waals surface area contributed by atoms with Crippen LogP contribution in [-0.4, -0.2) is 26.2 Å². The van der Waals surface area contributed by atoms with Crippen LogP contribution in [0.15, 0.2) is 0 Å². The molecule has 0 saturated heterocycles. The number of rotatable bonds is 5. The van der Waals surface area contributed by atoms with Gasteiger partial charge >= 0.3 is 6.03 Å². The molecule has 2 amide bonds. The Morgan fingerprint density at radius 1 is 1.36 bits per heavy atom. The lowest BCUT2D eigenvalue weighted by atomic mass is 10.2. The predicted octanol–water partition coefficient (Wildman–Crippen LogP) is 0.0444. The van der Waals surface area contributed by atoms with Gasteiger partial charge in [-0.25, -0.2) is 4.79 Å². The highest BCUT2D eigenvalue weighted by Gasteiger charge is 1.92. The normalized spacial score (nSPS) is 9.27. The first-order chi connectivity index (χ1) is 5.31. The van der Waals surface area contributed by atoms with Crippen molar-refractivity contribution in [2.75, 3.05) is 20.1 Å². The summed E-state index contributed by atoms with van der Waals surface area (Å²) in [5.74, 6) is 0. The number of amides is 2. The van der Waals surface area contributed by atoms with Crippen LogP contribution in [0.4, 0.5) is 4.79 Å². The molecule has 66 valence electrons. The van der Waals surface area contributed by atoms with E-state index in [1.54, 1.807) is 7.05 Å². The maximum atomic E-state index is 10.6.